The molecule has 0 atom stereocenters. The molecule has 0 saturated heterocycles. The lowest BCUT2D eigenvalue weighted by Crippen LogP contribution is -2.33. The highest BCUT2D eigenvalue weighted by Crippen LogP contribution is 2.22. The summed E-state index contributed by atoms with van der Waals surface area (Å²) in [5.74, 6) is -0.966. The number of ether oxygens (including phenoxy) is 1. The number of benzene rings is 3. The van der Waals surface area contributed by atoms with Crippen LogP contribution in [0.25, 0.3) is 0 Å². The van der Waals surface area contributed by atoms with E-state index in [9.17, 15) is 9.59 Å². The summed E-state index contributed by atoms with van der Waals surface area (Å²) >= 11 is 0. The molecule has 164 valence electrons. The Morgan fingerprint density at radius 3 is 2.19 bits per heavy atom. The molecule has 6 heteroatoms. The minimum atomic E-state index is -0.836. The van der Waals surface area contributed by atoms with Crippen molar-refractivity contribution in [3.8, 4) is 5.75 Å². The van der Waals surface area contributed by atoms with Gasteiger partial charge in [-0.25, -0.2) is 5.43 Å². The molecule has 3 aromatic carbocycles. The molecule has 6 nitrogen and oxygen atoms in total. The Balaban J connectivity index is 1.62. The topological polar surface area (TPSA) is 79.8 Å². The van der Waals surface area contributed by atoms with E-state index in [1.807, 2.05) is 86.6 Å². The van der Waals surface area contributed by atoms with Gasteiger partial charge >= 0.3 is 11.8 Å². The molecule has 3 rings (SSSR count). The SMILES string of the molecule is CCc1cccc(CC)c1NC(=O)C(=O)N/N=C\c1ccccc1OCc1ccccc1. The summed E-state index contributed by atoms with van der Waals surface area (Å²) in [6, 6.07) is 23.0. The average Bonchev–Trinajstić information content (AvgIpc) is 2.84. The second-order valence-corrected chi connectivity index (χ2v) is 7.12. The normalized spacial score (nSPS) is 10.7. The number of nitrogens with zero attached hydrogens (tertiary/aromatic N) is 1. The number of carbonyl (C=O) groups is 2. The van der Waals surface area contributed by atoms with Gasteiger partial charge < -0.3 is 10.1 Å². The van der Waals surface area contributed by atoms with Gasteiger partial charge in [0.1, 0.15) is 12.4 Å². The van der Waals surface area contributed by atoms with Crippen LogP contribution in [-0.4, -0.2) is 18.0 Å². The van der Waals surface area contributed by atoms with Gasteiger partial charge in [-0.1, -0.05) is 74.5 Å². The molecule has 0 heterocycles. The lowest BCUT2D eigenvalue weighted by molar-refractivity contribution is -0.136. The maximum Gasteiger partial charge on any atom is 0.329 e. The zero-order valence-corrected chi connectivity index (χ0v) is 18.3. The maximum absolute atomic E-state index is 12.4. The van der Waals surface area contributed by atoms with E-state index in [1.54, 1.807) is 0 Å². The summed E-state index contributed by atoms with van der Waals surface area (Å²) < 4.78 is 5.87. The van der Waals surface area contributed by atoms with Crippen molar-refractivity contribution in [2.24, 2.45) is 5.10 Å². The third-order valence-corrected chi connectivity index (χ3v) is 4.97. The first-order valence-corrected chi connectivity index (χ1v) is 10.6. The van der Waals surface area contributed by atoms with E-state index >= 15 is 0 Å². The van der Waals surface area contributed by atoms with Gasteiger partial charge in [0, 0.05) is 11.3 Å². The molecule has 0 spiro atoms. The van der Waals surface area contributed by atoms with Crippen molar-refractivity contribution in [2.75, 3.05) is 5.32 Å². The molecule has 0 aliphatic carbocycles. The van der Waals surface area contributed by atoms with Crippen molar-refractivity contribution in [1.29, 1.82) is 0 Å². The highest BCUT2D eigenvalue weighted by atomic mass is 16.5. The third kappa shape index (κ3) is 6.04. The van der Waals surface area contributed by atoms with Crippen molar-refractivity contribution >= 4 is 23.7 Å². The molecule has 0 aliphatic heterocycles. The molecule has 2 amide bonds. The Kier molecular flexibility index (Phi) is 8.15. The van der Waals surface area contributed by atoms with Crippen LogP contribution in [-0.2, 0) is 29.0 Å². The van der Waals surface area contributed by atoms with Crippen LogP contribution in [0.15, 0.2) is 77.9 Å². The van der Waals surface area contributed by atoms with E-state index in [2.05, 4.69) is 15.8 Å². The molecule has 0 saturated carbocycles. The van der Waals surface area contributed by atoms with Gasteiger partial charge in [-0.2, -0.15) is 5.10 Å². The van der Waals surface area contributed by atoms with Gasteiger partial charge in [-0.15, -0.1) is 0 Å². The number of para-hydroxylation sites is 2. The van der Waals surface area contributed by atoms with Gasteiger partial charge in [0.05, 0.1) is 6.21 Å². The molecule has 0 radical (unpaired) electrons. The Labute approximate surface area is 188 Å². The van der Waals surface area contributed by atoms with Crippen LogP contribution < -0.4 is 15.5 Å². The standard InChI is InChI=1S/C26H27N3O3/c1-3-20-14-10-15-21(4-2)24(20)28-25(30)26(31)29-27-17-22-13-8-9-16-23(22)32-18-19-11-6-5-7-12-19/h5-17H,3-4,18H2,1-2H3,(H,28,30)(H,29,31)/b27-17-. The number of hydrazone groups is 1. The Bertz CT molecular complexity index is 1070. The van der Waals surface area contributed by atoms with E-state index in [0.29, 0.717) is 23.6 Å². The quantitative estimate of drug-likeness (QED) is 0.315. The summed E-state index contributed by atoms with van der Waals surface area (Å²) in [4.78, 5) is 24.7. The zero-order chi connectivity index (χ0) is 22.8. The van der Waals surface area contributed by atoms with Gasteiger partial charge in [0.2, 0.25) is 0 Å². The molecule has 0 aromatic heterocycles. The van der Waals surface area contributed by atoms with Crippen LogP contribution in [0.1, 0.15) is 36.1 Å². The number of hydrogen-bond acceptors (Lipinski definition) is 4. The van der Waals surface area contributed by atoms with E-state index < -0.39 is 11.8 Å². The highest BCUT2D eigenvalue weighted by molar-refractivity contribution is 6.39. The van der Waals surface area contributed by atoms with Crippen LogP contribution in [0.5, 0.6) is 5.75 Å². The summed E-state index contributed by atoms with van der Waals surface area (Å²) in [6.45, 7) is 4.43. The van der Waals surface area contributed by atoms with Crippen LogP contribution in [0.3, 0.4) is 0 Å². The second kappa shape index (κ2) is 11.5. The number of anilines is 1. The van der Waals surface area contributed by atoms with Gasteiger partial charge in [0.25, 0.3) is 0 Å². The second-order valence-electron chi connectivity index (χ2n) is 7.12. The number of amides is 2. The minimum absolute atomic E-state index is 0.414. The largest absolute Gasteiger partial charge is 0.488 e. The molecule has 0 fully saturated rings. The van der Waals surface area contributed by atoms with Crippen LogP contribution >= 0.6 is 0 Å². The Morgan fingerprint density at radius 1 is 0.844 bits per heavy atom. The number of rotatable bonds is 8. The summed E-state index contributed by atoms with van der Waals surface area (Å²) in [5.41, 5.74) is 6.69. The molecule has 3 aromatic rings. The third-order valence-electron chi connectivity index (χ3n) is 4.97. The average molecular weight is 430 g/mol. The zero-order valence-electron chi connectivity index (χ0n) is 18.3. The highest BCUT2D eigenvalue weighted by Gasteiger charge is 2.16. The van der Waals surface area contributed by atoms with E-state index in [4.69, 9.17) is 4.74 Å². The number of nitrogens with one attached hydrogen (secondary N) is 2. The lowest BCUT2D eigenvalue weighted by atomic mass is 10.0. The van der Waals surface area contributed by atoms with E-state index in [0.717, 1.165) is 29.5 Å². The molecule has 2 N–H and O–H groups in total. The fourth-order valence-electron chi connectivity index (χ4n) is 3.24. The molecular formula is C26H27N3O3. The van der Waals surface area contributed by atoms with E-state index in [-0.39, 0.29) is 0 Å². The number of aryl methyl sites for hydroxylation is 2. The first-order chi connectivity index (χ1) is 15.6. The first kappa shape index (κ1) is 22.7. The summed E-state index contributed by atoms with van der Waals surface area (Å²) in [7, 11) is 0. The van der Waals surface area contributed by atoms with Gasteiger partial charge in [-0.05, 0) is 41.7 Å². The van der Waals surface area contributed by atoms with Gasteiger partial charge in [0.15, 0.2) is 0 Å². The predicted molar refractivity (Wildman–Crippen MR) is 127 cm³/mol. The molecular weight excluding hydrogens is 402 g/mol. The molecule has 0 unspecified atom stereocenters. The van der Waals surface area contributed by atoms with Crippen molar-refractivity contribution in [3.63, 3.8) is 0 Å². The fraction of sp³-hybridized carbons (Fsp3) is 0.192. The summed E-state index contributed by atoms with van der Waals surface area (Å²) in [5, 5.41) is 6.67. The number of carbonyl (C=O) groups excluding carboxylic acids is 2. The maximum atomic E-state index is 12.4. The van der Waals surface area contributed by atoms with Crippen LogP contribution in [0.4, 0.5) is 5.69 Å². The summed E-state index contributed by atoms with van der Waals surface area (Å²) in [6.07, 6.45) is 2.97. The molecule has 32 heavy (non-hydrogen) atoms. The Morgan fingerprint density at radius 2 is 1.50 bits per heavy atom. The first-order valence-electron chi connectivity index (χ1n) is 10.6. The van der Waals surface area contributed by atoms with Gasteiger partial charge in [-0.3, -0.25) is 9.59 Å². The smallest absolute Gasteiger partial charge is 0.329 e. The fourth-order valence-corrected chi connectivity index (χ4v) is 3.24. The van der Waals surface area contributed by atoms with Crippen LogP contribution in [0.2, 0.25) is 0 Å². The predicted octanol–water partition coefficient (Wildman–Crippen LogP) is 4.48. The lowest BCUT2D eigenvalue weighted by Gasteiger charge is -2.13. The monoisotopic (exact) mass is 429 g/mol. The van der Waals surface area contributed by atoms with Crippen molar-refractivity contribution in [2.45, 2.75) is 33.3 Å². The van der Waals surface area contributed by atoms with Crippen molar-refractivity contribution < 1.29 is 14.3 Å². The van der Waals surface area contributed by atoms with E-state index in [1.165, 1.54) is 6.21 Å². The Hall–Kier alpha value is -3.93. The number of hydrogen-bond donors (Lipinski definition) is 2. The van der Waals surface area contributed by atoms with Crippen molar-refractivity contribution in [1.82, 2.24) is 5.43 Å². The molecule has 0 bridgehead atoms. The van der Waals surface area contributed by atoms with Crippen molar-refractivity contribution in [3.05, 3.63) is 95.1 Å². The molecule has 0 aliphatic rings. The van der Waals surface area contributed by atoms with Crippen LogP contribution in [0, 0.1) is 0 Å². The minimum Gasteiger partial charge on any atom is -0.488 e.